The third-order valence-electron chi connectivity index (χ3n) is 3.64. The van der Waals surface area contributed by atoms with Gasteiger partial charge in [0.15, 0.2) is 5.96 Å². The topological polar surface area (TPSA) is 83.0 Å². The molecule has 0 aromatic heterocycles. The second-order valence-corrected chi connectivity index (χ2v) is 7.48. The number of sulfonamides is 1. The number of para-hydroxylation sites is 1. The Hall–Kier alpha value is -1.07. The zero-order valence-corrected chi connectivity index (χ0v) is 19.1. The van der Waals surface area contributed by atoms with E-state index in [-0.39, 0.29) is 24.0 Å². The molecule has 0 saturated heterocycles. The molecule has 0 fully saturated rings. The molecule has 0 spiro atoms. The average molecular weight is 498 g/mol. The highest BCUT2D eigenvalue weighted by atomic mass is 127. The summed E-state index contributed by atoms with van der Waals surface area (Å²) in [5.74, 6) is 1.54. The van der Waals surface area contributed by atoms with Crippen LogP contribution in [0, 0.1) is 0 Å². The van der Waals surface area contributed by atoms with Gasteiger partial charge in [-0.05, 0) is 19.4 Å². The molecule has 7 nitrogen and oxygen atoms in total. The van der Waals surface area contributed by atoms with Crippen LogP contribution in [0.25, 0.3) is 0 Å². The van der Waals surface area contributed by atoms with E-state index in [9.17, 15) is 8.42 Å². The zero-order valence-electron chi connectivity index (χ0n) is 16.0. The van der Waals surface area contributed by atoms with Crippen molar-refractivity contribution in [2.24, 2.45) is 4.99 Å². The van der Waals surface area contributed by atoms with Crippen LogP contribution in [0.1, 0.15) is 25.8 Å². The Labute approximate surface area is 174 Å². The Morgan fingerprint density at radius 2 is 1.92 bits per heavy atom. The fourth-order valence-electron chi connectivity index (χ4n) is 2.37. The monoisotopic (exact) mass is 498 g/mol. The van der Waals surface area contributed by atoms with E-state index in [1.165, 1.54) is 10.6 Å². The molecule has 0 aliphatic carbocycles. The fraction of sp³-hybridized carbons (Fsp3) is 0.588. The van der Waals surface area contributed by atoms with Crippen molar-refractivity contribution in [3.05, 3.63) is 29.8 Å². The van der Waals surface area contributed by atoms with Gasteiger partial charge in [-0.1, -0.05) is 25.1 Å². The number of hydrogen-bond acceptors (Lipinski definition) is 4. The van der Waals surface area contributed by atoms with Crippen molar-refractivity contribution in [2.75, 3.05) is 39.5 Å². The Kier molecular flexibility index (Phi) is 12.6. The van der Waals surface area contributed by atoms with Crippen LogP contribution < -0.4 is 15.4 Å². The molecule has 0 amide bonds. The minimum Gasteiger partial charge on any atom is -0.494 e. The summed E-state index contributed by atoms with van der Waals surface area (Å²) in [6.45, 7) is 6.63. The molecule has 150 valence electrons. The third-order valence-corrected chi connectivity index (χ3v) is 5.02. The Morgan fingerprint density at radius 3 is 2.50 bits per heavy atom. The minimum absolute atomic E-state index is 0. The van der Waals surface area contributed by atoms with Crippen LogP contribution in [0.5, 0.6) is 5.75 Å². The van der Waals surface area contributed by atoms with Gasteiger partial charge in [0, 0.05) is 38.8 Å². The minimum atomic E-state index is -3.13. The molecule has 1 aromatic rings. The van der Waals surface area contributed by atoms with Gasteiger partial charge in [0.2, 0.25) is 10.0 Å². The summed E-state index contributed by atoms with van der Waals surface area (Å²) in [5, 5.41) is 6.44. The van der Waals surface area contributed by atoms with Crippen LogP contribution in [0.2, 0.25) is 0 Å². The normalized spacial score (nSPS) is 11.8. The lowest BCUT2D eigenvalue weighted by atomic mass is 10.2. The second kappa shape index (κ2) is 13.2. The molecule has 0 aliphatic heterocycles. The Bertz CT molecular complexity index is 653. The predicted molar refractivity (Wildman–Crippen MR) is 118 cm³/mol. The zero-order chi connectivity index (χ0) is 18.7. The third kappa shape index (κ3) is 9.04. The van der Waals surface area contributed by atoms with Crippen molar-refractivity contribution in [1.82, 2.24) is 14.9 Å². The first kappa shape index (κ1) is 24.9. The number of nitrogens with one attached hydrogen (secondary N) is 2. The number of aliphatic imine (C=N–C) groups is 1. The molecule has 0 atom stereocenters. The number of rotatable bonds is 10. The highest BCUT2D eigenvalue weighted by Gasteiger charge is 2.13. The number of benzene rings is 1. The molecule has 0 aliphatic rings. The SMILES string of the molecule is CCOc1ccccc1CNC(=NC)NCCCN(CC)S(C)(=O)=O.I. The van der Waals surface area contributed by atoms with E-state index < -0.39 is 10.0 Å². The van der Waals surface area contributed by atoms with Crippen molar-refractivity contribution in [1.29, 1.82) is 0 Å². The second-order valence-electron chi connectivity index (χ2n) is 5.50. The smallest absolute Gasteiger partial charge is 0.211 e. The van der Waals surface area contributed by atoms with Gasteiger partial charge < -0.3 is 15.4 Å². The lowest BCUT2D eigenvalue weighted by Gasteiger charge is -2.18. The van der Waals surface area contributed by atoms with E-state index >= 15 is 0 Å². The summed E-state index contributed by atoms with van der Waals surface area (Å²) < 4.78 is 30.2. The summed E-state index contributed by atoms with van der Waals surface area (Å²) in [7, 11) is -1.43. The van der Waals surface area contributed by atoms with Crippen molar-refractivity contribution >= 4 is 40.0 Å². The number of hydrogen-bond donors (Lipinski definition) is 2. The quantitative estimate of drug-likeness (QED) is 0.223. The molecule has 0 saturated carbocycles. The molecule has 0 radical (unpaired) electrons. The highest BCUT2D eigenvalue weighted by molar-refractivity contribution is 14.0. The van der Waals surface area contributed by atoms with Gasteiger partial charge in [-0.15, -0.1) is 24.0 Å². The van der Waals surface area contributed by atoms with Crippen molar-refractivity contribution in [3.63, 3.8) is 0 Å². The predicted octanol–water partition coefficient (Wildman–Crippen LogP) is 2.04. The van der Waals surface area contributed by atoms with Gasteiger partial charge in [0.1, 0.15) is 5.75 Å². The average Bonchev–Trinajstić information content (AvgIpc) is 2.57. The largest absolute Gasteiger partial charge is 0.494 e. The number of nitrogens with zero attached hydrogens (tertiary/aromatic N) is 2. The fourth-order valence-corrected chi connectivity index (χ4v) is 3.30. The van der Waals surface area contributed by atoms with Gasteiger partial charge in [0.25, 0.3) is 0 Å². The molecular formula is C17H31IN4O3S. The van der Waals surface area contributed by atoms with Crippen LogP contribution in [0.15, 0.2) is 29.3 Å². The maximum Gasteiger partial charge on any atom is 0.211 e. The Balaban J connectivity index is 0.00000625. The van der Waals surface area contributed by atoms with Crippen LogP contribution in [-0.4, -0.2) is 58.2 Å². The molecular weight excluding hydrogens is 467 g/mol. The first-order valence-electron chi connectivity index (χ1n) is 8.52. The van der Waals surface area contributed by atoms with Gasteiger partial charge in [-0.2, -0.15) is 0 Å². The van der Waals surface area contributed by atoms with Crippen molar-refractivity contribution in [2.45, 2.75) is 26.8 Å². The summed E-state index contributed by atoms with van der Waals surface area (Å²) in [6.07, 6.45) is 1.94. The summed E-state index contributed by atoms with van der Waals surface area (Å²) in [5.41, 5.74) is 1.06. The van der Waals surface area contributed by atoms with Crippen LogP contribution >= 0.6 is 24.0 Å². The molecule has 26 heavy (non-hydrogen) atoms. The number of ether oxygens (including phenoxy) is 1. The number of halogens is 1. The summed E-state index contributed by atoms with van der Waals surface area (Å²) in [6, 6.07) is 7.88. The van der Waals surface area contributed by atoms with Gasteiger partial charge in [-0.3, -0.25) is 4.99 Å². The maximum absolute atomic E-state index is 11.5. The van der Waals surface area contributed by atoms with E-state index in [2.05, 4.69) is 15.6 Å². The Morgan fingerprint density at radius 1 is 1.23 bits per heavy atom. The van der Waals surface area contributed by atoms with E-state index in [0.29, 0.717) is 45.2 Å². The molecule has 2 N–H and O–H groups in total. The van der Waals surface area contributed by atoms with Gasteiger partial charge in [0.05, 0.1) is 12.9 Å². The lowest BCUT2D eigenvalue weighted by molar-refractivity contribution is 0.336. The molecule has 0 heterocycles. The highest BCUT2D eigenvalue weighted by Crippen LogP contribution is 2.17. The van der Waals surface area contributed by atoms with Crippen molar-refractivity contribution in [3.8, 4) is 5.75 Å². The number of guanidine groups is 1. The van der Waals surface area contributed by atoms with E-state index in [4.69, 9.17) is 4.74 Å². The first-order valence-corrected chi connectivity index (χ1v) is 10.4. The first-order chi connectivity index (χ1) is 11.9. The van der Waals surface area contributed by atoms with E-state index in [1.54, 1.807) is 7.05 Å². The molecule has 9 heteroatoms. The summed E-state index contributed by atoms with van der Waals surface area (Å²) >= 11 is 0. The van der Waals surface area contributed by atoms with Crippen molar-refractivity contribution < 1.29 is 13.2 Å². The molecule has 1 rings (SSSR count). The van der Waals surface area contributed by atoms with E-state index in [0.717, 1.165) is 11.3 Å². The summed E-state index contributed by atoms with van der Waals surface area (Å²) in [4.78, 5) is 4.19. The van der Waals surface area contributed by atoms with Crippen LogP contribution in [0.3, 0.4) is 0 Å². The van der Waals surface area contributed by atoms with Gasteiger partial charge >= 0.3 is 0 Å². The lowest BCUT2D eigenvalue weighted by Crippen LogP contribution is -2.39. The van der Waals surface area contributed by atoms with Gasteiger partial charge in [-0.25, -0.2) is 12.7 Å². The van der Waals surface area contributed by atoms with Crippen LogP contribution in [-0.2, 0) is 16.6 Å². The van der Waals surface area contributed by atoms with Crippen LogP contribution in [0.4, 0.5) is 0 Å². The molecule has 0 bridgehead atoms. The standard InChI is InChI=1S/C17H30N4O3S.HI/c1-5-21(25(4,22)23)13-9-12-19-17(18-3)20-14-15-10-7-8-11-16(15)24-6-2;/h7-8,10-11H,5-6,9,12-14H2,1-4H3,(H2,18,19,20);1H. The maximum atomic E-state index is 11.5. The van der Waals surface area contributed by atoms with E-state index in [1.807, 2.05) is 38.1 Å². The molecule has 0 unspecified atom stereocenters. The molecule has 1 aromatic carbocycles.